The van der Waals surface area contributed by atoms with E-state index in [1.165, 1.54) is 12.1 Å². The predicted molar refractivity (Wildman–Crippen MR) is 65.9 cm³/mol. The van der Waals surface area contributed by atoms with E-state index < -0.39 is 0 Å². The van der Waals surface area contributed by atoms with Crippen LogP contribution in [0.4, 0.5) is 10.1 Å². The van der Waals surface area contributed by atoms with Crippen molar-refractivity contribution in [1.82, 2.24) is 4.90 Å². The number of hydrogen-bond acceptors (Lipinski definition) is 3. The Morgan fingerprint density at radius 1 is 1.47 bits per heavy atom. The fraction of sp³-hybridized carbons (Fsp3) is 0.538. The third-order valence-corrected chi connectivity index (χ3v) is 3.33. The van der Waals surface area contributed by atoms with E-state index in [9.17, 15) is 9.50 Å². The lowest BCUT2D eigenvalue weighted by Crippen LogP contribution is -2.36. The summed E-state index contributed by atoms with van der Waals surface area (Å²) in [6.45, 7) is 1.67. The Bertz CT molecular complexity index is 391. The second-order valence-electron chi connectivity index (χ2n) is 5.03. The van der Waals surface area contributed by atoms with Crippen molar-refractivity contribution in [2.24, 2.45) is 5.92 Å². The number of nitrogen functional groups attached to an aromatic ring is 1. The molecule has 4 heteroatoms. The smallest absolute Gasteiger partial charge is 0.125 e. The molecule has 3 nitrogen and oxygen atoms in total. The molecule has 0 aliphatic heterocycles. The van der Waals surface area contributed by atoms with Gasteiger partial charge in [0.05, 0.1) is 6.10 Å². The molecule has 0 radical (unpaired) electrons. The van der Waals surface area contributed by atoms with Crippen molar-refractivity contribution in [3.05, 3.63) is 29.6 Å². The van der Waals surface area contributed by atoms with Gasteiger partial charge in [0, 0.05) is 18.8 Å². The Balaban J connectivity index is 1.87. The molecule has 0 amide bonds. The van der Waals surface area contributed by atoms with Gasteiger partial charge in [-0.3, -0.25) is 0 Å². The fourth-order valence-electron chi connectivity index (χ4n) is 2.36. The maximum atomic E-state index is 12.9. The van der Waals surface area contributed by atoms with Gasteiger partial charge >= 0.3 is 0 Å². The highest BCUT2D eigenvalue weighted by molar-refractivity contribution is 5.46. The molecular formula is C13H19FN2O. The molecule has 0 heterocycles. The Kier molecular flexibility index (Phi) is 3.64. The summed E-state index contributed by atoms with van der Waals surface area (Å²) >= 11 is 0. The predicted octanol–water partition coefficient (Wildman–Crippen LogP) is 1.61. The highest BCUT2D eigenvalue weighted by atomic mass is 19.1. The van der Waals surface area contributed by atoms with Crippen molar-refractivity contribution < 1.29 is 9.50 Å². The number of nitrogens with zero attached hydrogens (tertiary/aromatic N) is 1. The van der Waals surface area contributed by atoms with Crippen molar-refractivity contribution >= 4 is 5.69 Å². The molecule has 2 rings (SSSR count). The van der Waals surface area contributed by atoms with E-state index >= 15 is 0 Å². The van der Waals surface area contributed by atoms with Gasteiger partial charge in [0.25, 0.3) is 0 Å². The van der Waals surface area contributed by atoms with E-state index in [1.54, 1.807) is 6.07 Å². The largest absolute Gasteiger partial charge is 0.398 e. The summed E-state index contributed by atoms with van der Waals surface area (Å²) in [4.78, 5) is 2.17. The van der Waals surface area contributed by atoms with Gasteiger partial charge in [0.2, 0.25) is 0 Å². The monoisotopic (exact) mass is 238 g/mol. The summed E-state index contributed by atoms with van der Waals surface area (Å²) in [7, 11) is 2.02. The van der Waals surface area contributed by atoms with Crippen molar-refractivity contribution in [1.29, 1.82) is 0 Å². The number of aliphatic hydroxyl groups is 1. The Morgan fingerprint density at radius 3 is 2.76 bits per heavy atom. The maximum absolute atomic E-state index is 12.9. The van der Waals surface area contributed by atoms with Crippen LogP contribution in [0.5, 0.6) is 0 Å². The summed E-state index contributed by atoms with van der Waals surface area (Å²) in [6.07, 6.45) is 1.68. The first-order valence-electron chi connectivity index (χ1n) is 5.95. The van der Waals surface area contributed by atoms with Crippen LogP contribution < -0.4 is 5.73 Å². The summed E-state index contributed by atoms with van der Waals surface area (Å²) < 4.78 is 12.9. The molecule has 17 heavy (non-hydrogen) atoms. The van der Waals surface area contributed by atoms with Crippen LogP contribution in [0.2, 0.25) is 0 Å². The van der Waals surface area contributed by atoms with Gasteiger partial charge in [-0.15, -0.1) is 0 Å². The standard InChI is InChI=1S/C13H19FN2O/c1-16(7-9-4-12(17)5-9)8-10-2-3-11(14)6-13(10)15/h2-3,6,9,12,17H,4-5,7-8,15H2,1H3. The normalized spacial score (nSPS) is 23.8. The molecule has 0 unspecified atom stereocenters. The molecule has 3 N–H and O–H groups in total. The van der Waals surface area contributed by atoms with E-state index in [4.69, 9.17) is 5.73 Å². The molecular weight excluding hydrogens is 219 g/mol. The first-order valence-corrected chi connectivity index (χ1v) is 5.95. The van der Waals surface area contributed by atoms with E-state index in [-0.39, 0.29) is 11.9 Å². The minimum Gasteiger partial charge on any atom is -0.398 e. The van der Waals surface area contributed by atoms with Gasteiger partial charge in [-0.1, -0.05) is 6.07 Å². The van der Waals surface area contributed by atoms with Crippen LogP contribution in [-0.4, -0.2) is 29.7 Å². The molecule has 0 aromatic heterocycles. The van der Waals surface area contributed by atoms with Gasteiger partial charge < -0.3 is 15.7 Å². The third-order valence-electron chi connectivity index (χ3n) is 3.33. The highest BCUT2D eigenvalue weighted by Gasteiger charge is 2.27. The lowest BCUT2D eigenvalue weighted by Gasteiger charge is -2.34. The van der Waals surface area contributed by atoms with Crippen LogP contribution in [0.25, 0.3) is 0 Å². The first kappa shape index (κ1) is 12.3. The Hall–Kier alpha value is -1.13. The lowest BCUT2D eigenvalue weighted by atomic mass is 9.82. The van der Waals surface area contributed by atoms with Crippen LogP contribution in [0.3, 0.4) is 0 Å². The number of benzene rings is 1. The summed E-state index contributed by atoms with van der Waals surface area (Å²) in [5, 5.41) is 9.22. The number of hydrogen-bond donors (Lipinski definition) is 2. The number of rotatable bonds is 4. The molecule has 94 valence electrons. The average molecular weight is 238 g/mol. The zero-order valence-corrected chi connectivity index (χ0v) is 10.1. The summed E-state index contributed by atoms with van der Waals surface area (Å²) in [6, 6.07) is 4.53. The average Bonchev–Trinajstić information content (AvgIpc) is 2.20. The van der Waals surface area contributed by atoms with Crippen LogP contribution in [-0.2, 0) is 6.54 Å². The fourth-order valence-corrected chi connectivity index (χ4v) is 2.36. The SMILES string of the molecule is CN(Cc1ccc(F)cc1N)CC1CC(O)C1. The lowest BCUT2D eigenvalue weighted by molar-refractivity contribution is 0.0274. The van der Waals surface area contributed by atoms with E-state index in [0.29, 0.717) is 11.6 Å². The number of aliphatic hydroxyl groups excluding tert-OH is 1. The number of halogens is 1. The quantitative estimate of drug-likeness (QED) is 0.783. The third kappa shape index (κ3) is 3.17. The Labute approximate surface area is 101 Å². The van der Waals surface area contributed by atoms with E-state index in [1.807, 2.05) is 7.05 Å². The summed E-state index contributed by atoms with van der Waals surface area (Å²) in [5.74, 6) is 0.285. The molecule has 0 spiro atoms. The molecule has 1 aliphatic rings. The van der Waals surface area contributed by atoms with Gasteiger partial charge in [-0.2, -0.15) is 0 Å². The molecule has 0 bridgehead atoms. The first-order chi connectivity index (χ1) is 8.04. The van der Waals surface area contributed by atoms with Crippen LogP contribution >= 0.6 is 0 Å². The second-order valence-corrected chi connectivity index (χ2v) is 5.03. The van der Waals surface area contributed by atoms with E-state index in [2.05, 4.69) is 4.90 Å². The Morgan fingerprint density at radius 2 is 2.18 bits per heavy atom. The zero-order valence-electron chi connectivity index (χ0n) is 10.1. The van der Waals surface area contributed by atoms with Crippen molar-refractivity contribution in [2.45, 2.75) is 25.5 Å². The number of anilines is 1. The van der Waals surface area contributed by atoms with Gasteiger partial charge in [-0.25, -0.2) is 4.39 Å². The molecule has 1 aromatic carbocycles. The minimum atomic E-state index is -0.295. The minimum absolute atomic E-state index is 0.107. The highest BCUT2D eigenvalue weighted by Crippen LogP contribution is 2.28. The zero-order chi connectivity index (χ0) is 12.4. The van der Waals surface area contributed by atoms with Crippen molar-refractivity contribution in [2.75, 3.05) is 19.3 Å². The summed E-state index contributed by atoms with van der Waals surface area (Å²) in [5.41, 5.74) is 7.22. The molecule has 1 aliphatic carbocycles. The van der Waals surface area contributed by atoms with Crippen LogP contribution in [0.15, 0.2) is 18.2 Å². The van der Waals surface area contributed by atoms with Crippen molar-refractivity contribution in [3.8, 4) is 0 Å². The van der Waals surface area contributed by atoms with Crippen molar-refractivity contribution in [3.63, 3.8) is 0 Å². The van der Waals surface area contributed by atoms with Gasteiger partial charge in [-0.05, 0) is 43.5 Å². The molecule has 0 atom stereocenters. The topological polar surface area (TPSA) is 49.5 Å². The van der Waals surface area contributed by atoms with E-state index in [0.717, 1.165) is 31.5 Å². The number of nitrogens with two attached hydrogens (primary N) is 1. The molecule has 1 aromatic rings. The molecule has 1 fully saturated rings. The van der Waals surface area contributed by atoms with Gasteiger partial charge in [0.1, 0.15) is 5.82 Å². The van der Waals surface area contributed by atoms with Gasteiger partial charge in [0.15, 0.2) is 0 Å². The van der Waals surface area contributed by atoms with Crippen LogP contribution in [0, 0.1) is 11.7 Å². The molecule has 0 saturated heterocycles. The second kappa shape index (κ2) is 5.02. The maximum Gasteiger partial charge on any atom is 0.125 e. The van der Waals surface area contributed by atoms with Crippen LogP contribution in [0.1, 0.15) is 18.4 Å². The molecule has 1 saturated carbocycles.